The number of benzene rings is 1. The molecule has 7 heteroatoms. The summed E-state index contributed by atoms with van der Waals surface area (Å²) in [4.78, 5) is 4.49. The van der Waals surface area contributed by atoms with Crippen LogP contribution in [-0.4, -0.2) is 40.6 Å². The van der Waals surface area contributed by atoms with Gasteiger partial charge in [-0.05, 0) is 43.9 Å². The van der Waals surface area contributed by atoms with Crippen LogP contribution in [0.1, 0.15) is 24.0 Å². The van der Waals surface area contributed by atoms with Crippen molar-refractivity contribution in [1.82, 2.24) is 15.4 Å². The van der Waals surface area contributed by atoms with Crippen LogP contribution in [0.25, 0.3) is 0 Å². The van der Waals surface area contributed by atoms with Crippen LogP contribution in [0.3, 0.4) is 0 Å². The molecule has 0 saturated carbocycles. The molecule has 0 unspecified atom stereocenters. The largest absolute Gasteiger partial charge is 0.355 e. The van der Waals surface area contributed by atoms with Gasteiger partial charge in [0, 0.05) is 26.2 Å². The third-order valence-corrected chi connectivity index (χ3v) is 5.52. The summed E-state index contributed by atoms with van der Waals surface area (Å²) in [5, 5.41) is 6.44. The van der Waals surface area contributed by atoms with Gasteiger partial charge in [-0.2, -0.15) is 0 Å². The van der Waals surface area contributed by atoms with Gasteiger partial charge >= 0.3 is 0 Å². The van der Waals surface area contributed by atoms with Crippen molar-refractivity contribution in [3.05, 3.63) is 41.5 Å². The quantitative estimate of drug-likeness (QED) is 0.314. The Kier molecular flexibility index (Phi) is 6.39. The third-order valence-electron chi connectivity index (χ3n) is 3.92. The summed E-state index contributed by atoms with van der Waals surface area (Å²) in [6, 6.07) is 5.79. The number of nitrogens with one attached hydrogen (secondary N) is 3. The van der Waals surface area contributed by atoms with Gasteiger partial charge < -0.3 is 10.6 Å². The molecule has 24 heavy (non-hydrogen) atoms. The molecule has 6 nitrogen and oxygen atoms in total. The molecule has 0 bridgehead atoms. The minimum atomic E-state index is -3.50. The fourth-order valence-corrected chi connectivity index (χ4v) is 3.92. The fourth-order valence-electron chi connectivity index (χ4n) is 2.56. The molecule has 0 aromatic heterocycles. The molecular weight excluding hydrogens is 324 g/mol. The van der Waals surface area contributed by atoms with E-state index in [1.807, 2.05) is 19.1 Å². The summed E-state index contributed by atoms with van der Waals surface area (Å²) >= 11 is 0. The maximum Gasteiger partial charge on any atom is 0.240 e. The lowest BCUT2D eigenvalue weighted by Crippen LogP contribution is -2.45. The number of nitrogens with zero attached hydrogens (tertiary/aromatic N) is 1. The molecule has 1 aliphatic carbocycles. The van der Waals surface area contributed by atoms with E-state index < -0.39 is 10.0 Å². The number of aryl methyl sites for hydroxylation is 2. The minimum absolute atomic E-state index is 0.291. The van der Waals surface area contributed by atoms with Gasteiger partial charge in [-0.15, -0.1) is 0 Å². The molecule has 2 rings (SSSR count). The summed E-state index contributed by atoms with van der Waals surface area (Å²) < 4.78 is 27.4. The Morgan fingerprint density at radius 2 is 1.92 bits per heavy atom. The first-order valence-corrected chi connectivity index (χ1v) is 9.60. The van der Waals surface area contributed by atoms with Crippen LogP contribution in [0.2, 0.25) is 0 Å². The minimum Gasteiger partial charge on any atom is -0.355 e. The molecule has 1 aromatic rings. The Balaban J connectivity index is 1.83. The molecule has 0 fully saturated rings. The highest BCUT2D eigenvalue weighted by Gasteiger charge is 2.16. The van der Waals surface area contributed by atoms with Crippen molar-refractivity contribution in [1.29, 1.82) is 0 Å². The van der Waals surface area contributed by atoms with Crippen molar-refractivity contribution in [2.45, 2.75) is 37.6 Å². The SMILES string of the molecule is CN=C(NCCNS(=O)(=O)c1cc(C)ccc1C)NC1CC=CC1. The lowest BCUT2D eigenvalue weighted by atomic mass is 10.2. The van der Waals surface area contributed by atoms with Gasteiger partial charge in [0.1, 0.15) is 0 Å². The lowest BCUT2D eigenvalue weighted by molar-refractivity contribution is 0.578. The number of hydrogen-bond donors (Lipinski definition) is 3. The number of hydrogen-bond acceptors (Lipinski definition) is 3. The molecule has 0 saturated heterocycles. The van der Waals surface area contributed by atoms with Crippen molar-refractivity contribution >= 4 is 16.0 Å². The molecule has 0 heterocycles. The topological polar surface area (TPSA) is 82.6 Å². The first-order chi connectivity index (χ1) is 11.4. The van der Waals surface area contributed by atoms with E-state index in [0.717, 1.165) is 24.0 Å². The third kappa shape index (κ3) is 5.07. The van der Waals surface area contributed by atoms with Crippen molar-refractivity contribution in [2.24, 2.45) is 4.99 Å². The molecule has 0 spiro atoms. The van der Waals surface area contributed by atoms with Crippen molar-refractivity contribution in [2.75, 3.05) is 20.1 Å². The van der Waals surface area contributed by atoms with Crippen LogP contribution in [0.15, 0.2) is 40.2 Å². The average molecular weight is 350 g/mol. The zero-order chi connectivity index (χ0) is 17.6. The van der Waals surface area contributed by atoms with Crippen LogP contribution < -0.4 is 15.4 Å². The van der Waals surface area contributed by atoms with Crippen molar-refractivity contribution in [3.8, 4) is 0 Å². The Bertz CT molecular complexity index is 718. The maximum atomic E-state index is 12.4. The van der Waals surface area contributed by atoms with Gasteiger partial charge in [0.2, 0.25) is 10.0 Å². The van der Waals surface area contributed by atoms with E-state index in [2.05, 4.69) is 32.5 Å². The molecule has 0 atom stereocenters. The van der Waals surface area contributed by atoms with Gasteiger partial charge in [-0.3, -0.25) is 4.99 Å². The second-order valence-electron chi connectivity index (χ2n) is 5.95. The monoisotopic (exact) mass is 350 g/mol. The van der Waals surface area contributed by atoms with Crippen LogP contribution in [0.4, 0.5) is 0 Å². The van der Waals surface area contributed by atoms with Gasteiger partial charge in [-0.1, -0.05) is 24.3 Å². The predicted octanol–water partition coefficient (Wildman–Crippen LogP) is 1.47. The van der Waals surface area contributed by atoms with Gasteiger partial charge in [0.15, 0.2) is 5.96 Å². The molecule has 0 aliphatic heterocycles. The molecule has 0 amide bonds. The van der Waals surface area contributed by atoms with Crippen LogP contribution in [0.5, 0.6) is 0 Å². The lowest BCUT2D eigenvalue weighted by Gasteiger charge is -2.17. The molecule has 1 aromatic carbocycles. The summed E-state index contributed by atoms with van der Waals surface area (Å²) in [5.41, 5.74) is 1.67. The zero-order valence-electron chi connectivity index (χ0n) is 14.5. The van der Waals surface area contributed by atoms with Gasteiger partial charge in [0.25, 0.3) is 0 Å². The van der Waals surface area contributed by atoms with Gasteiger partial charge in [0.05, 0.1) is 4.90 Å². The zero-order valence-corrected chi connectivity index (χ0v) is 15.3. The van der Waals surface area contributed by atoms with Gasteiger partial charge in [-0.25, -0.2) is 13.1 Å². The number of sulfonamides is 1. The summed E-state index contributed by atoms with van der Waals surface area (Å²) in [6.07, 6.45) is 6.26. The number of rotatable bonds is 6. The van der Waals surface area contributed by atoms with E-state index in [9.17, 15) is 8.42 Å². The van der Waals surface area contributed by atoms with Crippen LogP contribution in [-0.2, 0) is 10.0 Å². The van der Waals surface area contributed by atoms with Crippen LogP contribution >= 0.6 is 0 Å². The van der Waals surface area contributed by atoms with Crippen LogP contribution in [0, 0.1) is 13.8 Å². The molecule has 0 radical (unpaired) electrons. The second-order valence-corrected chi connectivity index (χ2v) is 7.69. The molecule has 132 valence electrons. The van der Waals surface area contributed by atoms with E-state index in [4.69, 9.17) is 0 Å². The van der Waals surface area contributed by atoms with E-state index in [-0.39, 0.29) is 0 Å². The molecule has 1 aliphatic rings. The Hall–Kier alpha value is -1.86. The highest BCUT2D eigenvalue weighted by Crippen LogP contribution is 2.16. The first-order valence-electron chi connectivity index (χ1n) is 8.11. The Morgan fingerprint density at radius 1 is 1.21 bits per heavy atom. The van der Waals surface area contributed by atoms with E-state index >= 15 is 0 Å². The average Bonchev–Trinajstić information content (AvgIpc) is 3.05. The summed E-state index contributed by atoms with van der Waals surface area (Å²) in [5.74, 6) is 0.689. The molecule has 3 N–H and O–H groups in total. The number of guanidine groups is 1. The number of aliphatic imine (C=N–C) groups is 1. The fraction of sp³-hybridized carbons (Fsp3) is 0.471. The van der Waals surface area contributed by atoms with Crippen molar-refractivity contribution in [3.63, 3.8) is 0 Å². The Morgan fingerprint density at radius 3 is 2.58 bits per heavy atom. The van der Waals surface area contributed by atoms with E-state index in [1.54, 1.807) is 20.0 Å². The van der Waals surface area contributed by atoms with Crippen molar-refractivity contribution < 1.29 is 8.42 Å². The normalized spacial score (nSPS) is 15.7. The predicted molar refractivity (Wildman–Crippen MR) is 97.8 cm³/mol. The Labute approximate surface area is 144 Å². The molecular formula is C17H26N4O2S. The second kappa shape index (κ2) is 8.30. The first kappa shape index (κ1) is 18.5. The smallest absolute Gasteiger partial charge is 0.240 e. The highest BCUT2D eigenvalue weighted by molar-refractivity contribution is 7.89. The summed E-state index contributed by atoms with van der Waals surface area (Å²) in [6.45, 7) is 4.43. The standard InChI is InChI=1S/C17H26N4O2S/c1-13-8-9-14(2)16(12-13)24(22,23)20-11-10-19-17(18-3)21-15-6-4-5-7-15/h4-5,8-9,12,15,20H,6-7,10-11H2,1-3H3,(H2,18,19,21). The summed E-state index contributed by atoms with van der Waals surface area (Å²) in [7, 11) is -1.79. The highest BCUT2D eigenvalue weighted by atomic mass is 32.2. The van der Waals surface area contributed by atoms with E-state index in [1.165, 1.54) is 0 Å². The maximum absolute atomic E-state index is 12.4. The van der Waals surface area contributed by atoms with E-state index in [0.29, 0.717) is 30.0 Å².